The zero-order chi connectivity index (χ0) is 17.4. The minimum absolute atomic E-state index is 0.120. The summed E-state index contributed by atoms with van der Waals surface area (Å²) in [6, 6.07) is 14.3. The molecule has 0 saturated carbocycles. The quantitative estimate of drug-likeness (QED) is 0.413. The molecule has 0 bridgehead atoms. The Labute approximate surface area is 145 Å². The number of benzene rings is 2. The summed E-state index contributed by atoms with van der Waals surface area (Å²) in [6.45, 7) is 0. The van der Waals surface area contributed by atoms with Gasteiger partial charge in [-0.25, -0.2) is 4.98 Å². The van der Waals surface area contributed by atoms with Gasteiger partial charge in [-0.15, -0.1) is 5.10 Å². The number of thioether (sulfide) groups is 1. The predicted molar refractivity (Wildman–Crippen MR) is 96.6 cm³/mol. The summed E-state index contributed by atoms with van der Waals surface area (Å²) in [5, 5.41) is 9.61. The molecule has 0 aliphatic rings. The van der Waals surface area contributed by atoms with Gasteiger partial charge in [0.2, 0.25) is 0 Å². The van der Waals surface area contributed by atoms with E-state index in [1.165, 1.54) is 21.0 Å². The van der Waals surface area contributed by atoms with Crippen molar-refractivity contribution >= 4 is 33.6 Å². The molecule has 0 unspecified atom stereocenters. The molecule has 0 spiro atoms. The maximum Gasteiger partial charge on any atom is 0.278 e. The highest BCUT2D eigenvalue weighted by Crippen LogP contribution is 2.18. The van der Waals surface area contributed by atoms with Crippen molar-refractivity contribution in [3.8, 4) is 0 Å². The molecular formula is C17H13N5O2S. The van der Waals surface area contributed by atoms with E-state index in [4.69, 9.17) is 0 Å². The van der Waals surface area contributed by atoms with Gasteiger partial charge in [0.25, 0.3) is 11.1 Å². The summed E-state index contributed by atoms with van der Waals surface area (Å²) in [5.41, 5.74) is 0.851. The maximum atomic E-state index is 12.5. The van der Waals surface area contributed by atoms with Crippen LogP contribution in [-0.2, 0) is 12.9 Å². The Bertz CT molecular complexity index is 1220. The van der Waals surface area contributed by atoms with E-state index in [0.29, 0.717) is 27.0 Å². The van der Waals surface area contributed by atoms with Crippen molar-refractivity contribution in [3.05, 3.63) is 69.2 Å². The van der Waals surface area contributed by atoms with Gasteiger partial charge in [0.05, 0.1) is 22.2 Å². The van der Waals surface area contributed by atoms with Gasteiger partial charge < -0.3 is 0 Å². The monoisotopic (exact) mass is 351 g/mol. The molecule has 0 saturated heterocycles. The summed E-state index contributed by atoms with van der Waals surface area (Å²) >= 11 is 1.26. The van der Waals surface area contributed by atoms with Crippen LogP contribution in [0.15, 0.2) is 63.3 Å². The molecule has 124 valence electrons. The maximum absolute atomic E-state index is 12.5. The van der Waals surface area contributed by atoms with Gasteiger partial charge in [-0.1, -0.05) is 41.2 Å². The number of nitrogens with zero attached hydrogens (tertiary/aromatic N) is 5. The third-order valence-corrected chi connectivity index (χ3v) is 4.88. The lowest BCUT2D eigenvalue weighted by Gasteiger charge is -2.09. The third kappa shape index (κ3) is 2.70. The van der Waals surface area contributed by atoms with E-state index in [1.807, 2.05) is 18.2 Å². The number of hydrogen-bond donors (Lipinski definition) is 0. The van der Waals surface area contributed by atoms with Gasteiger partial charge >= 0.3 is 0 Å². The lowest BCUT2D eigenvalue weighted by molar-refractivity contribution is 0.639. The predicted octanol–water partition coefficient (Wildman–Crippen LogP) is 1.79. The summed E-state index contributed by atoms with van der Waals surface area (Å²) in [6.07, 6.45) is 0. The summed E-state index contributed by atoms with van der Waals surface area (Å²) in [7, 11) is 1.67. The molecule has 4 rings (SSSR count). The van der Waals surface area contributed by atoms with Crippen LogP contribution in [-0.4, -0.2) is 24.5 Å². The van der Waals surface area contributed by atoms with Crippen molar-refractivity contribution in [1.82, 2.24) is 24.5 Å². The van der Waals surface area contributed by atoms with Gasteiger partial charge in [-0.05, 0) is 24.3 Å². The zero-order valence-electron chi connectivity index (χ0n) is 13.3. The van der Waals surface area contributed by atoms with Gasteiger partial charge in [-0.2, -0.15) is 4.68 Å². The molecule has 0 fully saturated rings. The Kier molecular flexibility index (Phi) is 3.81. The zero-order valence-corrected chi connectivity index (χ0v) is 14.1. The Morgan fingerprint density at radius 2 is 1.56 bits per heavy atom. The molecule has 2 aromatic carbocycles. The summed E-state index contributed by atoms with van der Waals surface area (Å²) in [4.78, 5) is 29.4. The van der Waals surface area contributed by atoms with E-state index in [1.54, 1.807) is 37.4 Å². The molecular weight excluding hydrogens is 338 g/mol. The molecule has 4 aromatic rings. The van der Waals surface area contributed by atoms with Crippen molar-refractivity contribution in [3.63, 3.8) is 0 Å². The third-order valence-electron chi connectivity index (χ3n) is 3.89. The van der Waals surface area contributed by atoms with Crippen LogP contribution in [0.3, 0.4) is 0 Å². The van der Waals surface area contributed by atoms with E-state index in [9.17, 15) is 9.59 Å². The first kappa shape index (κ1) is 15.5. The number of rotatable bonds is 3. The van der Waals surface area contributed by atoms with Crippen molar-refractivity contribution in [2.75, 3.05) is 0 Å². The van der Waals surface area contributed by atoms with E-state index >= 15 is 0 Å². The highest BCUT2D eigenvalue weighted by Gasteiger charge is 2.10. The first-order valence-electron chi connectivity index (χ1n) is 7.56. The van der Waals surface area contributed by atoms with Crippen LogP contribution in [0.2, 0.25) is 0 Å². The fourth-order valence-corrected chi connectivity index (χ4v) is 3.40. The first-order valence-corrected chi connectivity index (χ1v) is 8.55. The van der Waals surface area contributed by atoms with Crippen LogP contribution in [0.1, 0.15) is 0 Å². The number of fused-ring (bicyclic) bond motifs is 2. The second-order valence-electron chi connectivity index (χ2n) is 5.46. The molecule has 0 aliphatic heterocycles. The SMILES string of the molecule is Cn1c(SCn2nnc3ccccc3c2=O)nc2ccccc2c1=O. The van der Waals surface area contributed by atoms with Crippen molar-refractivity contribution in [2.24, 2.45) is 7.05 Å². The van der Waals surface area contributed by atoms with Crippen LogP contribution in [0.5, 0.6) is 0 Å². The van der Waals surface area contributed by atoms with Crippen molar-refractivity contribution in [2.45, 2.75) is 11.0 Å². The van der Waals surface area contributed by atoms with Crippen molar-refractivity contribution in [1.29, 1.82) is 0 Å². The van der Waals surface area contributed by atoms with Crippen LogP contribution in [0.4, 0.5) is 0 Å². The second kappa shape index (κ2) is 6.14. The van der Waals surface area contributed by atoms with Gasteiger partial charge in [0, 0.05) is 7.05 Å². The normalized spacial score (nSPS) is 11.2. The minimum Gasteiger partial charge on any atom is -0.290 e. The summed E-state index contributed by atoms with van der Waals surface area (Å²) < 4.78 is 2.75. The molecule has 0 N–H and O–H groups in total. The Balaban J connectivity index is 1.71. The number of para-hydroxylation sites is 1. The lowest BCUT2D eigenvalue weighted by atomic mass is 10.2. The Morgan fingerprint density at radius 1 is 0.920 bits per heavy atom. The molecule has 0 aliphatic carbocycles. The lowest BCUT2D eigenvalue weighted by Crippen LogP contribution is -2.24. The van der Waals surface area contributed by atoms with Gasteiger partial charge in [-0.3, -0.25) is 14.2 Å². The Hall–Kier alpha value is -3.00. The largest absolute Gasteiger partial charge is 0.290 e. The van der Waals surface area contributed by atoms with E-state index < -0.39 is 0 Å². The molecule has 2 aromatic heterocycles. The van der Waals surface area contributed by atoms with Crippen LogP contribution < -0.4 is 11.1 Å². The second-order valence-corrected chi connectivity index (χ2v) is 6.37. The standard InChI is InChI=1S/C17H13N5O2S/c1-21-15(23)11-6-2-4-8-13(11)18-17(21)25-10-22-16(24)12-7-3-5-9-14(12)19-20-22/h2-9H,10H2,1H3. The van der Waals surface area contributed by atoms with E-state index in [0.717, 1.165) is 0 Å². The fraction of sp³-hybridized carbons (Fsp3) is 0.118. The van der Waals surface area contributed by atoms with E-state index in [2.05, 4.69) is 15.3 Å². The van der Waals surface area contributed by atoms with Crippen molar-refractivity contribution < 1.29 is 0 Å². The highest BCUT2D eigenvalue weighted by molar-refractivity contribution is 7.98. The van der Waals surface area contributed by atoms with Gasteiger partial charge in [0.1, 0.15) is 5.52 Å². The van der Waals surface area contributed by atoms with Gasteiger partial charge in [0.15, 0.2) is 5.16 Å². The van der Waals surface area contributed by atoms with Crippen LogP contribution >= 0.6 is 11.8 Å². The molecule has 0 amide bonds. The molecule has 7 nitrogen and oxygen atoms in total. The average Bonchev–Trinajstić information content (AvgIpc) is 2.65. The molecule has 0 radical (unpaired) electrons. The molecule has 0 atom stereocenters. The fourth-order valence-electron chi connectivity index (χ4n) is 2.55. The minimum atomic E-state index is -0.219. The van der Waals surface area contributed by atoms with Crippen LogP contribution in [0.25, 0.3) is 21.8 Å². The first-order chi connectivity index (χ1) is 12.1. The number of aromatic nitrogens is 5. The summed E-state index contributed by atoms with van der Waals surface area (Å²) in [5.74, 6) is 0.218. The smallest absolute Gasteiger partial charge is 0.278 e. The topological polar surface area (TPSA) is 82.7 Å². The average molecular weight is 351 g/mol. The highest BCUT2D eigenvalue weighted by atomic mass is 32.2. The molecule has 8 heteroatoms. The van der Waals surface area contributed by atoms with E-state index in [-0.39, 0.29) is 17.0 Å². The molecule has 2 heterocycles. The Morgan fingerprint density at radius 3 is 2.32 bits per heavy atom. The van der Waals surface area contributed by atoms with Crippen LogP contribution in [0, 0.1) is 0 Å². The molecule has 25 heavy (non-hydrogen) atoms. The number of hydrogen-bond acceptors (Lipinski definition) is 6.